The topological polar surface area (TPSA) is 45.5 Å². The summed E-state index contributed by atoms with van der Waals surface area (Å²) in [5, 5.41) is 3.74. The van der Waals surface area contributed by atoms with E-state index in [1.807, 2.05) is 12.1 Å². The van der Waals surface area contributed by atoms with Crippen molar-refractivity contribution in [2.24, 2.45) is 0 Å². The number of nitrogens with one attached hydrogen (secondary N) is 1. The van der Waals surface area contributed by atoms with Crippen molar-refractivity contribution in [3.05, 3.63) is 64.3 Å². The Hall–Kier alpha value is -2.73. The molecule has 1 saturated heterocycles. The number of hydrogen-bond donors (Lipinski definition) is 1. The van der Waals surface area contributed by atoms with Crippen LogP contribution in [-0.4, -0.2) is 26.2 Å². The van der Waals surface area contributed by atoms with Gasteiger partial charge in [0, 0.05) is 49.6 Å². The third-order valence-corrected chi connectivity index (χ3v) is 4.34. The third kappa shape index (κ3) is 3.13. The van der Waals surface area contributed by atoms with Gasteiger partial charge in [-0.05, 0) is 30.3 Å². The lowest BCUT2D eigenvalue weighted by Crippen LogP contribution is -2.43. The van der Waals surface area contributed by atoms with Crippen LogP contribution >= 0.6 is 0 Å². The van der Waals surface area contributed by atoms with Gasteiger partial charge in [-0.15, -0.1) is 0 Å². The molecule has 1 aliphatic rings. The van der Waals surface area contributed by atoms with Crippen molar-refractivity contribution < 1.29 is 13.2 Å². The van der Waals surface area contributed by atoms with Crippen molar-refractivity contribution >= 4 is 16.7 Å². The van der Waals surface area contributed by atoms with Gasteiger partial charge in [-0.25, -0.2) is 8.78 Å². The first-order valence-electron chi connectivity index (χ1n) is 8.10. The van der Waals surface area contributed by atoms with E-state index in [0.29, 0.717) is 11.0 Å². The summed E-state index contributed by atoms with van der Waals surface area (Å²) in [6, 6.07) is 9.77. The summed E-state index contributed by atoms with van der Waals surface area (Å²) >= 11 is 0. The maximum absolute atomic E-state index is 13.4. The fourth-order valence-corrected chi connectivity index (χ4v) is 3.10. The molecular weight excluding hydrogens is 326 g/mol. The van der Waals surface area contributed by atoms with E-state index in [1.54, 1.807) is 6.07 Å². The van der Waals surface area contributed by atoms with Gasteiger partial charge in [0.15, 0.2) is 5.43 Å². The highest BCUT2D eigenvalue weighted by atomic mass is 19.1. The van der Waals surface area contributed by atoms with Gasteiger partial charge < -0.3 is 14.6 Å². The van der Waals surface area contributed by atoms with Crippen LogP contribution in [0.4, 0.5) is 14.5 Å². The highest BCUT2D eigenvalue weighted by Gasteiger charge is 2.14. The molecule has 0 spiro atoms. The molecule has 0 radical (unpaired) electrons. The minimum Gasteiger partial charge on any atom is -0.456 e. The Labute approximate surface area is 142 Å². The molecule has 3 aromatic rings. The molecule has 128 valence electrons. The number of benzene rings is 2. The minimum atomic E-state index is -0.716. The molecule has 0 unspecified atom stereocenters. The normalized spacial score (nSPS) is 14.9. The lowest BCUT2D eigenvalue weighted by Gasteiger charge is -2.29. The SMILES string of the molecule is O=c1cc(-c2cc(F)cc(F)c2)oc2ccc(N3CCNCC3)cc12. The Morgan fingerprint density at radius 2 is 1.68 bits per heavy atom. The number of rotatable bonds is 2. The van der Waals surface area contributed by atoms with Crippen molar-refractivity contribution in [1.29, 1.82) is 0 Å². The number of halogens is 2. The molecule has 1 aliphatic heterocycles. The molecule has 4 nitrogen and oxygen atoms in total. The number of fused-ring (bicyclic) bond motifs is 1. The first-order valence-corrected chi connectivity index (χ1v) is 8.10. The largest absolute Gasteiger partial charge is 0.456 e. The van der Waals surface area contributed by atoms with E-state index in [0.717, 1.165) is 50.1 Å². The van der Waals surface area contributed by atoms with Crippen molar-refractivity contribution in [2.45, 2.75) is 0 Å². The minimum absolute atomic E-state index is 0.144. The molecule has 1 aromatic heterocycles. The zero-order valence-electron chi connectivity index (χ0n) is 13.4. The van der Waals surface area contributed by atoms with Gasteiger partial charge in [-0.2, -0.15) is 0 Å². The van der Waals surface area contributed by atoms with Gasteiger partial charge in [-0.1, -0.05) is 0 Å². The second-order valence-corrected chi connectivity index (χ2v) is 6.05. The number of hydrogen-bond acceptors (Lipinski definition) is 4. The summed E-state index contributed by atoms with van der Waals surface area (Å²) in [6.07, 6.45) is 0. The molecule has 2 aromatic carbocycles. The third-order valence-electron chi connectivity index (χ3n) is 4.34. The Balaban J connectivity index is 1.79. The lowest BCUT2D eigenvalue weighted by atomic mass is 10.1. The predicted molar refractivity (Wildman–Crippen MR) is 92.9 cm³/mol. The summed E-state index contributed by atoms with van der Waals surface area (Å²) in [7, 11) is 0. The first-order chi connectivity index (χ1) is 12.1. The fraction of sp³-hybridized carbons (Fsp3) is 0.211. The molecule has 0 aliphatic carbocycles. The lowest BCUT2D eigenvalue weighted by molar-refractivity contribution is 0.578. The second-order valence-electron chi connectivity index (χ2n) is 6.05. The van der Waals surface area contributed by atoms with Crippen molar-refractivity contribution in [3.63, 3.8) is 0 Å². The fourth-order valence-electron chi connectivity index (χ4n) is 3.10. The summed E-state index contributed by atoms with van der Waals surface area (Å²) in [4.78, 5) is 14.7. The molecule has 0 bridgehead atoms. The maximum atomic E-state index is 13.4. The van der Waals surface area contributed by atoms with Crippen molar-refractivity contribution in [3.8, 4) is 11.3 Å². The van der Waals surface area contributed by atoms with Crippen LogP contribution in [0.1, 0.15) is 0 Å². The van der Waals surface area contributed by atoms with Crippen LogP contribution in [0, 0.1) is 11.6 Å². The Bertz CT molecular complexity index is 974. The van der Waals surface area contributed by atoms with Crippen molar-refractivity contribution in [1.82, 2.24) is 5.32 Å². The van der Waals surface area contributed by atoms with Gasteiger partial charge in [-0.3, -0.25) is 4.79 Å². The van der Waals surface area contributed by atoms with Gasteiger partial charge >= 0.3 is 0 Å². The molecular formula is C19H16F2N2O2. The van der Waals surface area contributed by atoms with E-state index in [1.165, 1.54) is 6.07 Å². The van der Waals surface area contributed by atoms with E-state index >= 15 is 0 Å². The average molecular weight is 342 g/mol. The smallest absolute Gasteiger partial charge is 0.193 e. The molecule has 1 fully saturated rings. The van der Waals surface area contributed by atoms with Crippen LogP contribution in [0.3, 0.4) is 0 Å². The monoisotopic (exact) mass is 342 g/mol. The van der Waals surface area contributed by atoms with Crippen LogP contribution in [0.5, 0.6) is 0 Å². The van der Waals surface area contributed by atoms with E-state index in [9.17, 15) is 13.6 Å². The molecule has 0 amide bonds. The predicted octanol–water partition coefficient (Wildman–Crippen LogP) is 3.15. The van der Waals surface area contributed by atoms with E-state index in [-0.39, 0.29) is 16.8 Å². The number of anilines is 1. The summed E-state index contributed by atoms with van der Waals surface area (Å²) in [6.45, 7) is 3.54. The van der Waals surface area contributed by atoms with Crippen LogP contribution in [-0.2, 0) is 0 Å². The highest BCUT2D eigenvalue weighted by Crippen LogP contribution is 2.26. The molecule has 0 atom stereocenters. The van der Waals surface area contributed by atoms with Crippen LogP contribution < -0.4 is 15.6 Å². The van der Waals surface area contributed by atoms with Crippen LogP contribution in [0.25, 0.3) is 22.3 Å². The van der Waals surface area contributed by atoms with Crippen LogP contribution in [0.15, 0.2) is 51.7 Å². The number of piperazine rings is 1. The molecule has 0 saturated carbocycles. The standard InChI is InChI=1S/C19H16F2N2O2/c20-13-7-12(8-14(21)9-13)19-11-17(24)16-10-15(1-2-18(16)25-19)23-5-3-22-4-6-23/h1-2,7-11,22H,3-6H2. The quantitative estimate of drug-likeness (QED) is 0.777. The van der Waals surface area contributed by atoms with Gasteiger partial charge in [0.25, 0.3) is 0 Å². The summed E-state index contributed by atoms with van der Waals surface area (Å²) in [5.41, 5.74) is 1.32. The van der Waals surface area contributed by atoms with Crippen molar-refractivity contribution in [2.75, 3.05) is 31.1 Å². The zero-order chi connectivity index (χ0) is 17.4. The molecule has 25 heavy (non-hydrogen) atoms. The molecule has 6 heteroatoms. The Morgan fingerprint density at radius 1 is 0.960 bits per heavy atom. The van der Waals surface area contributed by atoms with Gasteiger partial charge in [0.05, 0.1) is 5.39 Å². The van der Waals surface area contributed by atoms with Crippen LogP contribution in [0.2, 0.25) is 0 Å². The summed E-state index contributed by atoms with van der Waals surface area (Å²) < 4.78 is 32.5. The zero-order valence-corrected chi connectivity index (χ0v) is 13.4. The molecule has 4 rings (SSSR count). The average Bonchev–Trinajstić information content (AvgIpc) is 2.61. The van der Waals surface area contributed by atoms with Gasteiger partial charge in [0.1, 0.15) is 23.0 Å². The van der Waals surface area contributed by atoms with Gasteiger partial charge in [0.2, 0.25) is 0 Å². The molecule has 2 heterocycles. The Kier molecular flexibility index (Phi) is 3.97. The van der Waals surface area contributed by atoms with E-state index in [2.05, 4.69) is 10.2 Å². The van der Waals surface area contributed by atoms with E-state index in [4.69, 9.17) is 4.42 Å². The molecule has 1 N–H and O–H groups in total. The van der Waals surface area contributed by atoms with E-state index < -0.39 is 11.6 Å². The number of nitrogens with zero attached hydrogens (tertiary/aromatic N) is 1. The summed E-state index contributed by atoms with van der Waals surface area (Å²) in [5.74, 6) is -1.29. The highest BCUT2D eigenvalue weighted by molar-refractivity contribution is 5.82. The second kappa shape index (κ2) is 6.29. The Morgan fingerprint density at radius 3 is 2.40 bits per heavy atom. The first kappa shape index (κ1) is 15.8. The maximum Gasteiger partial charge on any atom is 0.193 e.